The van der Waals surface area contributed by atoms with Crippen LogP contribution in [0.15, 0.2) is 58.4 Å². The molecule has 1 aliphatic heterocycles. The molecular formula is C22H25N3O3S2. The Hall–Kier alpha value is -2.29. The van der Waals surface area contributed by atoms with Crippen molar-refractivity contribution in [2.45, 2.75) is 43.5 Å². The van der Waals surface area contributed by atoms with Crippen LogP contribution in [0.5, 0.6) is 0 Å². The topological polar surface area (TPSA) is 71.7 Å². The van der Waals surface area contributed by atoms with Gasteiger partial charge in [-0.1, -0.05) is 36.8 Å². The fourth-order valence-corrected chi connectivity index (χ4v) is 6.73. The molecule has 3 aromatic rings. The van der Waals surface area contributed by atoms with Crippen molar-refractivity contribution in [3.05, 3.63) is 58.9 Å². The molecule has 1 atom stereocenters. The highest BCUT2D eigenvalue weighted by molar-refractivity contribution is 7.89. The number of aromatic nitrogens is 1. The fraction of sp³-hybridized carbons (Fsp3) is 0.364. The Kier molecular flexibility index (Phi) is 5.90. The molecule has 0 N–H and O–H groups in total. The third kappa shape index (κ3) is 3.87. The van der Waals surface area contributed by atoms with E-state index in [1.54, 1.807) is 16.4 Å². The average molecular weight is 444 g/mol. The molecule has 0 radical (unpaired) electrons. The fourth-order valence-electron chi connectivity index (χ4n) is 3.94. The second-order valence-electron chi connectivity index (χ2n) is 7.53. The van der Waals surface area contributed by atoms with Crippen molar-refractivity contribution in [3.63, 3.8) is 0 Å². The summed E-state index contributed by atoms with van der Waals surface area (Å²) in [6, 6.07) is 14.1. The number of piperidine rings is 1. The van der Waals surface area contributed by atoms with E-state index in [1.165, 1.54) is 23.5 Å². The van der Waals surface area contributed by atoms with E-state index >= 15 is 0 Å². The van der Waals surface area contributed by atoms with Gasteiger partial charge in [0, 0.05) is 25.2 Å². The Morgan fingerprint density at radius 1 is 1.13 bits per heavy atom. The van der Waals surface area contributed by atoms with Gasteiger partial charge in [0.05, 0.1) is 15.1 Å². The first-order valence-corrected chi connectivity index (χ1v) is 12.4. The summed E-state index contributed by atoms with van der Waals surface area (Å²) in [6.45, 7) is 2.58. The van der Waals surface area contributed by atoms with Crippen molar-refractivity contribution in [1.29, 1.82) is 0 Å². The predicted octanol–water partition coefficient (Wildman–Crippen LogP) is 3.93. The summed E-state index contributed by atoms with van der Waals surface area (Å²) in [6.07, 6.45) is 3.66. The zero-order valence-corrected chi connectivity index (χ0v) is 18.7. The minimum Gasteiger partial charge on any atom is -0.319 e. The minimum absolute atomic E-state index is 0.0491. The van der Waals surface area contributed by atoms with Crippen LogP contribution >= 0.6 is 11.3 Å². The van der Waals surface area contributed by atoms with E-state index in [0.29, 0.717) is 16.9 Å². The molecule has 6 nitrogen and oxygen atoms in total. The summed E-state index contributed by atoms with van der Waals surface area (Å²) in [5.41, 5.74) is 1.39. The van der Waals surface area contributed by atoms with Gasteiger partial charge in [0.1, 0.15) is 0 Å². The highest BCUT2D eigenvalue weighted by atomic mass is 32.2. The molecule has 4 rings (SSSR count). The summed E-state index contributed by atoms with van der Waals surface area (Å²) in [7, 11) is -1.68. The van der Waals surface area contributed by atoms with Crippen LogP contribution in [0.2, 0.25) is 0 Å². The molecule has 2 aromatic carbocycles. The van der Waals surface area contributed by atoms with E-state index in [9.17, 15) is 13.2 Å². The second kappa shape index (κ2) is 8.45. The average Bonchev–Trinajstić information content (AvgIpc) is 3.09. The Labute approximate surface area is 180 Å². The molecule has 158 valence electrons. The van der Waals surface area contributed by atoms with Gasteiger partial charge in [-0.05, 0) is 55.7 Å². The van der Waals surface area contributed by atoms with Crippen molar-refractivity contribution in [2.24, 2.45) is 12.0 Å². The molecule has 30 heavy (non-hydrogen) atoms. The van der Waals surface area contributed by atoms with Crippen molar-refractivity contribution >= 4 is 37.5 Å². The van der Waals surface area contributed by atoms with Gasteiger partial charge in [-0.15, -0.1) is 0 Å². The molecule has 1 amide bonds. The standard InChI is InChI=1S/C22H25N3O3S2/c1-3-17-8-6-7-15-25(17)30(27,28)18-13-11-16(12-14-18)21(26)23-22-24(2)19-9-4-5-10-20(19)29-22/h4-5,9-14,17H,3,6-8,15H2,1-2H3/t17-/m1/s1. The number of thiazole rings is 1. The van der Waals surface area contributed by atoms with Gasteiger partial charge < -0.3 is 4.57 Å². The normalized spacial score (nSPS) is 18.7. The lowest BCUT2D eigenvalue weighted by atomic mass is 10.0. The Morgan fingerprint density at radius 3 is 2.57 bits per heavy atom. The largest absolute Gasteiger partial charge is 0.319 e. The van der Waals surface area contributed by atoms with Crippen LogP contribution in [0.4, 0.5) is 0 Å². The minimum atomic E-state index is -3.56. The van der Waals surface area contributed by atoms with E-state index in [-0.39, 0.29) is 16.8 Å². The second-order valence-corrected chi connectivity index (χ2v) is 10.4. The van der Waals surface area contributed by atoms with E-state index in [4.69, 9.17) is 0 Å². The van der Waals surface area contributed by atoms with Crippen LogP contribution in [0.1, 0.15) is 43.0 Å². The summed E-state index contributed by atoms with van der Waals surface area (Å²) in [5.74, 6) is -0.384. The number of rotatable bonds is 4. The van der Waals surface area contributed by atoms with Crippen molar-refractivity contribution < 1.29 is 13.2 Å². The number of amides is 1. The molecule has 1 aromatic heterocycles. The number of carbonyl (C=O) groups excluding carboxylic acids is 1. The number of nitrogens with zero attached hydrogens (tertiary/aromatic N) is 3. The van der Waals surface area contributed by atoms with Crippen molar-refractivity contribution in [1.82, 2.24) is 8.87 Å². The van der Waals surface area contributed by atoms with Gasteiger partial charge in [-0.25, -0.2) is 8.42 Å². The highest BCUT2D eigenvalue weighted by Crippen LogP contribution is 2.27. The molecule has 1 aliphatic rings. The third-order valence-corrected chi connectivity index (χ3v) is 8.74. The van der Waals surface area contributed by atoms with Crippen LogP contribution in [0, 0.1) is 0 Å². The van der Waals surface area contributed by atoms with E-state index in [1.807, 2.05) is 42.8 Å². The first-order valence-electron chi connectivity index (χ1n) is 10.2. The zero-order chi connectivity index (χ0) is 21.3. The number of sulfonamides is 1. The highest BCUT2D eigenvalue weighted by Gasteiger charge is 2.32. The number of hydrogen-bond donors (Lipinski definition) is 0. The monoisotopic (exact) mass is 443 g/mol. The molecule has 1 fully saturated rings. The SMILES string of the molecule is CC[C@@H]1CCCCN1S(=O)(=O)c1ccc(C(=O)N=c2sc3ccccc3n2C)cc1. The lowest BCUT2D eigenvalue weighted by Crippen LogP contribution is -2.43. The van der Waals surface area contributed by atoms with E-state index in [2.05, 4.69) is 4.99 Å². The number of benzene rings is 2. The molecule has 2 heterocycles. The molecule has 0 spiro atoms. The molecule has 1 saturated heterocycles. The number of hydrogen-bond acceptors (Lipinski definition) is 4. The maximum atomic E-state index is 13.1. The first-order chi connectivity index (χ1) is 14.4. The molecular weight excluding hydrogens is 418 g/mol. The Morgan fingerprint density at radius 2 is 1.87 bits per heavy atom. The lowest BCUT2D eigenvalue weighted by Gasteiger charge is -2.34. The zero-order valence-electron chi connectivity index (χ0n) is 17.1. The molecule has 0 bridgehead atoms. The number of fused-ring (bicyclic) bond motifs is 1. The van der Waals surface area contributed by atoms with Crippen LogP contribution in [-0.2, 0) is 17.1 Å². The quantitative estimate of drug-likeness (QED) is 0.613. The number of carbonyl (C=O) groups is 1. The Bertz CT molecular complexity index is 1240. The summed E-state index contributed by atoms with van der Waals surface area (Å²) >= 11 is 1.45. The first kappa shape index (κ1) is 21.0. The van der Waals surface area contributed by atoms with Crippen LogP contribution in [-0.4, -0.2) is 35.8 Å². The van der Waals surface area contributed by atoms with Crippen LogP contribution in [0.25, 0.3) is 10.2 Å². The van der Waals surface area contributed by atoms with Crippen LogP contribution < -0.4 is 4.80 Å². The van der Waals surface area contributed by atoms with E-state index < -0.39 is 10.0 Å². The third-order valence-electron chi connectivity index (χ3n) is 5.66. The van der Waals surface area contributed by atoms with Crippen molar-refractivity contribution in [3.8, 4) is 0 Å². The van der Waals surface area contributed by atoms with Gasteiger partial charge in [0.15, 0.2) is 4.80 Å². The molecule has 0 saturated carbocycles. The van der Waals surface area contributed by atoms with Crippen molar-refractivity contribution in [2.75, 3.05) is 6.54 Å². The smallest absolute Gasteiger partial charge is 0.279 e. The van der Waals surface area contributed by atoms with Gasteiger partial charge in [-0.2, -0.15) is 9.30 Å². The summed E-state index contributed by atoms with van der Waals surface area (Å²) < 4.78 is 30.7. The summed E-state index contributed by atoms with van der Waals surface area (Å²) in [4.78, 5) is 17.8. The van der Waals surface area contributed by atoms with E-state index in [0.717, 1.165) is 35.9 Å². The maximum absolute atomic E-state index is 13.1. The van der Waals surface area contributed by atoms with Gasteiger partial charge in [0.2, 0.25) is 10.0 Å². The van der Waals surface area contributed by atoms with Gasteiger partial charge in [0.25, 0.3) is 5.91 Å². The summed E-state index contributed by atoms with van der Waals surface area (Å²) in [5, 5.41) is 0. The van der Waals surface area contributed by atoms with Crippen LogP contribution in [0.3, 0.4) is 0 Å². The van der Waals surface area contributed by atoms with Gasteiger partial charge in [-0.3, -0.25) is 4.79 Å². The Balaban J connectivity index is 1.61. The number of aryl methyl sites for hydroxylation is 1. The van der Waals surface area contributed by atoms with Gasteiger partial charge >= 0.3 is 0 Å². The lowest BCUT2D eigenvalue weighted by molar-refractivity contribution is 0.0998. The predicted molar refractivity (Wildman–Crippen MR) is 119 cm³/mol. The molecule has 0 aliphatic carbocycles. The molecule has 8 heteroatoms. The number of para-hydroxylation sites is 1. The molecule has 0 unspecified atom stereocenters. The maximum Gasteiger partial charge on any atom is 0.279 e.